The van der Waals surface area contributed by atoms with Crippen LogP contribution in [0.3, 0.4) is 0 Å². The number of ether oxygens (including phenoxy) is 2. The van der Waals surface area contributed by atoms with Gasteiger partial charge in [-0.25, -0.2) is 4.79 Å². The summed E-state index contributed by atoms with van der Waals surface area (Å²) in [5.41, 5.74) is 0.480. The number of amides is 1. The number of fused-ring (bicyclic) bond motifs is 1. The van der Waals surface area contributed by atoms with Gasteiger partial charge in [0.2, 0.25) is 11.8 Å². The number of aryl methyl sites for hydroxylation is 1. The fourth-order valence-corrected chi connectivity index (χ4v) is 3.53. The molecule has 0 unspecified atom stereocenters. The third-order valence-corrected chi connectivity index (χ3v) is 5.36. The van der Waals surface area contributed by atoms with Crippen molar-refractivity contribution in [1.82, 2.24) is 19.7 Å². The zero-order valence-corrected chi connectivity index (χ0v) is 17.6. The summed E-state index contributed by atoms with van der Waals surface area (Å²) in [5, 5.41) is 10.8. The summed E-state index contributed by atoms with van der Waals surface area (Å²) in [6.07, 6.45) is 0.0756. The van der Waals surface area contributed by atoms with Crippen LogP contribution >= 0.6 is 11.8 Å². The minimum Gasteiger partial charge on any atom is -0.486 e. The van der Waals surface area contributed by atoms with Crippen molar-refractivity contribution >= 4 is 23.4 Å². The maximum atomic E-state index is 12.3. The molecule has 0 bridgehead atoms. The number of thioether (sulfide) groups is 1. The van der Waals surface area contributed by atoms with Crippen molar-refractivity contribution in [3.63, 3.8) is 0 Å². The van der Waals surface area contributed by atoms with Gasteiger partial charge in [0.1, 0.15) is 13.2 Å². The number of anilines is 1. The molecule has 0 spiro atoms. The lowest BCUT2D eigenvalue weighted by atomic mass is 10.2. The van der Waals surface area contributed by atoms with E-state index in [2.05, 4.69) is 20.5 Å². The number of hydrogen-bond acceptors (Lipinski definition) is 9. The summed E-state index contributed by atoms with van der Waals surface area (Å²) in [7, 11) is 1.39. The van der Waals surface area contributed by atoms with E-state index in [9.17, 15) is 14.4 Å². The number of nitrogens with zero attached hydrogens (tertiary/aromatic N) is 3. The number of rotatable bonds is 6. The van der Waals surface area contributed by atoms with E-state index in [1.807, 2.05) is 0 Å². The van der Waals surface area contributed by atoms with Gasteiger partial charge in [0.05, 0.1) is 12.2 Å². The first-order chi connectivity index (χ1) is 14.9. The van der Waals surface area contributed by atoms with Crippen molar-refractivity contribution in [2.75, 3.05) is 24.3 Å². The largest absolute Gasteiger partial charge is 0.486 e. The molecule has 162 valence electrons. The lowest BCUT2D eigenvalue weighted by Gasteiger charge is -2.18. The maximum absolute atomic E-state index is 12.3. The molecule has 31 heavy (non-hydrogen) atoms. The summed E-state index contributed by atoms with van der Waals surface area (Å²) >= 11 is 1.07. The standard InChI is InChI=1S/C19H19N5O6S/c1-10-12(17(26)24(2)18(27)20-10)8-16-22-23-19(30-16)31-9-15(25)21-11-3-4-13-14(7-11)29-6-5-28-13/h3-4,7H,5-6,8-9H2,1-2H3,(H,20,27)(H,21,25). The van der Waals surface area contributed by atoms with Gasteiger partial charge in [0.15, 0.2) is 11.5 Å². The van der Waals surface area contributed by atoms with E-state index in [0.29, 0.717) is 41.7 Å². The summed E-state index contributed by atoms with van der Waals surface area (Å²) in [6.45, 7) is 2.59. The first kappa shape index (κ1) is 20.7. The normalized spacial score (nSPS) is 12.6. The average Bonchev–Trinajstić information content (AvgIpc) is 3.21. The quantitative estimate of drug-likeness (QED) is 0.528. The zero-order valence-electron chi connectivity index (χ0n) is 16.8. The number of carbonyl (C=O) groups is 1. The van der Waals surface area contributed by atoms with E-state index in [0.717, 1.165) is 16.3 Å². The third kappa shape index (κ3) is 4.63. The molecule has 3 heterocycles. The number of aromatic nitrogens is 4. The first-order valence-electron chi connectivity index (χ1n) is 9.34. The lowest BCUT2D eigenvalue weighted by molar-refractivity contribution is -0.113. The monoisotopic (exact) mass is 445 g/mol. The van der Waals surface area contributed by atoms with Gasteiger partial charge in [-0.05, 0) is 19.1 Å². The molecule has 11 nitrogen and oxygen atoms in total. The zero-order chi connectivity index (χ0) is 22.0. The second-order valence-corrected chi connectivity index (χ2v) is 7.66. The fourth-order valence-electron chi connectivity index (χ4n) is 2.95. The van der Waals surface area contributed by atoms with Crippen molar-refractivity contribution in [3.05, 3.63) is 56.2 Å². The lowest BCUT2D eigenvalue weighted by Crippen LogP contribution is -2.36. The van der Waals surface area contributed by atoms with E-state index in [1.165, 1.54) is 7.05 Å². The van der Waals surface area contributed by atoms with Crippen molar-refractivity contribution in [3.8, 4) is 11.5 Å². The minimum atomic E-state index is -0.489. The van der Waals surface area contributed by atoms with Gasteiger partial charge < -0.3 is 24.2 Å². The molecular formula is C19H19N5O6S. The fraction of sp³-hybridized carbons (Fsp3) is 0.316. The summed E-state index contributed by atoms with van der Waals surface area (Å²) in [4.78, 5) is 38.7. The summed E-state index contributed by atoms with van der Waals surface area (Å²) < 4.78 is 17.5. The Morgan fingerprint density at radius 1 is 1.23 bits per heavy atom. The number of aromatic amines is 1. The van der Waals surface area contributed by atoms with E-state index >= 15 is 0 Å². The third-order valence-electron chi connectivity index (χ3n) is 4.54. The van der Waals surface area contributed by atoms with E-state index < -0.39 is 11.2 Å². The predicted molar refractivity (Wildman–Crippen MR) is 111 cm³/mol. The summed E-state index contributed by atoms with van der Waals surface area (Å²) in [6, 6.07) is 5.17. The van der Waals surface area contributed by atoms with Crippen LogP contribution in [0.15, 0.2) is 37.4 Å². The topological polar surface area (TPSA) is 141 Å². The molecule has 2 aromatic heterocycles. The molecule has 0 fully saturated rings. The molecule has 0 aliphatic carbocycles. The smallest absolute Gasteiger partial charge is 0.328 e. The molecule has 1 aliphatic rings. The van der Waals surface area contributed by atoms with Crippen LogP contribution in [0.2, 0.25) is 0 Å². The van der Waals surface area contributed by atoms with Gasteiger partial charge in [-0.1, -0.05) is 11.8 Å². The molecular weight excluding hydrogens is 426 g/mol. The van der Waals surface area contributed by atoms with Gasteiger partial charge in [-0.3, -0.25) is 14.2 Å². The Kier molecular flexibility index (Phi) is 5.80. The molecule has 2 N–H and O–H groups in total. The molecule has 0 atom stereocenters. The Labute approximate surface area is 179 Å². The molecule has 1 aromatic carbocycles. The van der Waals surface area contributed by atoms with Gasteiger partial charge in [0, 0.05) is 30.1 Å². The van der Waals surface area contributed by atoms with E-state index in [-0.39, 0.29) is 29.2 Å². The molecule has 0 saturated heterocycles. The Morgan fingerprint density at radius 2 is 2.00 bits per heavy atom. The van der Waals surface area contributed by atoms with E-state index in [1.54, 1.807) is 25.1 Å². The van der Waals surface area contributed by atoms with Crippen LogP contribution in [0, 0.1) is 6.92 Å². The van der Waals surface area contributed by atoms with Crippen LogP contribution in [0.25, 0.3) is 0 Å². The highest BCUT2D eigenvalue weighted by Crippen LogP contribution is 2.32. The number of H-pyrrole nitrogens is 1. The number of benzene rings is 1. The van der Waals surface area contributed by atoms with Gasteiger partial charge in [-0.2, -0.15) is 0 Å². The van der Waals surface area contributed by atoms with Crippen molar-refractivity contribution in [2.45, 2.75) is 18.6 Å². The van der Waals surface area contributed by atoms with Crippen LogP contribution in [-0.4, -0.2) is 44.6 Å². The Bertz CT molecular complexity index is 1250. The second-order valence-electron chi connectivity index (χ2n) is 6.73. The van der Waals surface area contributed by atoms with Gasteiger partial charge in [0.25, 0.3) is 10.8 Å². The summed E-state index contributed by atoms with van der Waals surface area (Å²) in [5.74, 6) is 1.23. The molecule has 0 saturated carbocycles. The van der Waals surface area contributed by atoms with Crippen LogP contribution in [0.4, 0.5) is 5.69 Å². The molecule has 3 aromatic rings. The molecule has 0 radical (unpaired) electrons. The van der Waals surface area contributed by atoms with Crippen LogP contribution in [0.1, 0.15) is 17.1 Å². The number of hydrogen-bond donors (Lipinski definition) is 2. The van der Waals surface area contributed by atoms with Gasteiger partial charge in [-0.15, -0.1) is 10.2 Å². The van der Waals surface area contributed by atoms with Crippen molar-refractivity contribution in [1.29, 1.82) is 0 Å². The highest BCUT2D eigenvalue weighted by atomic mass is 32.2. The van der Waals surface area contributed by atoms with Crippen molar-refractivity contribution < 1.29 is 18.7 Å². The van der Waals surface area contributed by atoms with Crippen LogP contribution in [-0.2, 0) is 18.3 Å². The molecule has 1 amide bonds. The Morgan fingerprint density at radius 3 is 2.81 bits per heavy atom. The predicted octanol–water partition coefficient (Wildman–Crippen LogP) is 0.858. The van der Waals surface area contributed by atoms with Crippen LogP contribution < -0.4 is 26.0 Å². The minimum absolute atomic E-state index is 0.0511. The van der Waals surface area contributed by atoms with Crippen molar-refractivity contribution in [2.24, 2.45) is 7.05 Å². The average molecular weight is 445 g/mol. The number of carbonyl (C=O) groups excluding carboxylic acids is 1. The number of nitrogens with one attached hydrogen (secondary N) is 2. The van der Waals surface area contributed by atoms with Gasteiger partial charge >= 0.3 is 5.69 Å². The Hall–Kier alpha value is -3.54. The SMILES string of the molecule is Cc1[nH]c(=O)n(C)c(=O)c1Cc1nnc(SCC(=O)Nc2ccc3c(c2)OCCO3)o1. The maximum Gasteiger partial charge on any atom is 0.328 e. The van der Waals surface area contributed by atoms with Crippen LogP contribution in [0.5, 0.6) is 11.5 Å². The highest BCUT2D eigenvalue weighted by molar-refractivity contribution is 7.99. The first-order valence-corrected chi connectivity index (χ1v) is 10.3. The molecule has 4 rings (SSSR count). The Balaban J connectivity index is 1.35. The second kappa shape index (κ2) is 8.68. The highest BCUT2D eigenvalue weighted by Gasteiger charge is 2.16. The van der Waals surface area contributed by atoms with E-state index in [4.69, 9.17) is 13.9 Å². The molecule has 1 aliphatic heterocycles. The molecule has 12 heteroatoms.